The Kier molecular flexibility index (Phi) is 7.33. The predicted octanol–water partition coefficient (Wildman–Crippen LogP) is 16.4. The van der Waals surface area contributed by atoms with E-state index in [9.17, 15) is 0 Å². The summed E-state index contributed by atoms with van der Waals surface area (Å²) in [6, 6.07) is 80.9. The van der Waals surface area contributed by atoms with Crippen LogP contribution in [0.15, 0.2) is 218 Å². The molecule has 0 heterocycles. The fourth-order valence-electron chi connectivity index (χ4n) is 9.50. The highest BCUT2D eigenvalue weighted by atomic mass is 14.2. The third-order valence-corrected chi connectivity index (χ3v) is 12.4. The molecule has 0 spiro atoms. The molecule has 0 aliphatic heterocycles. The highest BCUT2D eigenvalue weighted by Gasteiger charge is 2.17. The number of benzene rings is 12. The van der Waals surface area contributed by atoms with E-state index in [0.717, 1.165) is 0 Å². The Hall–Kier alpha value is -7.54. The van der Waals surface area contributed by atoms with Crippen molar-refractivity contribution in [2.75, 3.05) is 0 Å². The molecule has 0 amide bonds. The van der Waals surface area contributed by atoms with Gasteiger partial charge in [0.25, 0.3) is 0 Å². The molecule has 0 radical (unpaired) electrons. The van der Waals surface area contributed by atoms with Gasteiger partial charge in [0, 0.05) is 0 Å². The first-order valence-electron chi connectivity index (χ1n) is 20.2. The number of rotatable bonds is 4. The lowest BCUT2D eigenvalue weighted by atomic mass is 9.85. The Morgan fingerprint density at radius 1 is 0.155 bits per heavy atom. The van der Waals surface area contributed by atoms with Crippen molar-refractivity contribution in [2.45, 2.75) is 0 Å². The van der Waals surface area contributed by atoms with Crippen LogP contribution in [-0.2, 0) is 0 Å². The van der Waals surface area contributed by atoms with Gasteiger partial charge >= 0.3 is 0 Å². The van der Waals surface area contributed by atoms with Crippen LogP contribution < -0.4 is 0 Å². The zero-order valence-corrected chi connectivity index (χ0v) is 31.8. The molecule has 0 aliphatic rings. The van der Waals surface area contributed by atoms with E-state index in [1.165, 1.54) is 120 Å². The highest BCUT2D eigenvalue weighted by molar-refractivity contribution is 6.39. The molecule has 0 saturated heterocycles. The first kappa shape index (κ1) is 32.7. The van der Waals surface area contributed by atoms with Gasteiger partial charge in [-0.3, -0.25) is 0 Å². The minimum absolute atomic E-state index is 1.23. The second-order valence-corrected chi connectivity index (χ2v) is 15.6. The Labute approximate surface area is 336 Å². The Balaban J connectivity index is 1.05. The van der Waals surface area contributed by atoms with E-state index < -0.39 is 0 Å². The van der Waals surface area contributed by atoms with Crippen molar-refractivity contribution in [3.63, 3.8) is 0 Å². The van der Waals surface area contributed by atoms with E-state index in [2.05, 4.69) is 218 Å². The quantitative estimate of drug-likeness (QED) is 0.158. The van der Waals surface area contributed by atoms with Gasteiger partial charge in [0.2, 0.25) is 0 Å². The third kappa shape index (κ3) is 5.23. The van der Waals surface area contributed by atoms with Crippen molar-refractivity contribution in [3.8, 4) is 44.5 Å². The van der Waals surface area contributed by atoms with Gasteiger partial charge in [0.1, 0.15) is 0 Å². The molecule has 12 aromatic carbocycles. The Morgan fingerprint density at radius 2 is 0.448 bits per heavy atom. The highest BCUT2D eigenvalue weighted by Crippen LogP contribution is 2.46. The fraction of sp³-hybridized carbons (Fsp3) is 0. The summed E-state index contributed by atoms with van der Waals surface area (Å²) in [4.78, 5) is 0. The van der Waals surface area contributed by atoms with E-state index in [1.54, 1.807) is 0 Å². The molecule has 0 nitrogen and oxygen atoms in total. The van der Waals surface area contributed by atoms with Crippen molar-refractivity contribution >= 4 is 75.4 Å². The van der Waals surface area contributed by atoms with Gasteiger partial charge in [0.05, 0.1) is 0 Å². The normalized spacial score (nSPS) is 11.8. The number of hydrogen-bond donors (Lipinski definition) is 0. The molecular formula is C58H36. The van der Waals surface area contributed by atoms with Gasteiger partial charge in [-0.1, -0.05) is 182 Å². The van der Waals surface area contributed by atoms with Crippen molar-refractivity contribution in [3.05, 3.63) is 218 Å². The first-order valence-corrected chi connectivity index (χ1v) is 20.2. The van der Waals surface area contributed by atoms with Crippen LogP contribution >= 0.6 is 0 Å². The standard InChI is InChI=1S/C58H36/c1-3-11-37(12-4-1)41-23-19-39-21-25-43(33-47(39)31-41)45-27-29-53-55(35-45)49-15-7-9-17-51(49)58-54-30-28-46(36-56(54)50-16-8-10-18-52(50)57(53)58)44-26-22-40-20-24-42(32-48(40)34-44)38-13-5-2-6-14-38/h1-36H. The lowest BCUT2D eigenvalue weighted by molar-refractivity contribution is 1.64. The van der Waals surface area contributed by atoms with E-state index in [4.69, 9.17) is 0 Å². The average Bonchev–Trinajstić information content (AvgIpc) is 3.31. The molecule has 12 rings (SSSR count). The lowest BCUT2D eigenvalue weighted by Crippen LogP contribution is -1.90. The maximum atomic E-state index is 2.42. The van der Waals surface area contributed by atoms with Crippen LogP contribution in [0, 0.1) is 0 Å². The van der Waals surface area contributed by atoms with Crippen molar-refractivity contribution < 1.29 is 0 Å². The summed E-state index contributed by atoms with van der Waals surface area (Å²) in [5, 5.41) is 17.9. The minimum atomic E-state index is 1.23. The molecule has 0 heteroatoms. The Bertz CT molecular complexity index is 3350. The number of hydrogen-bond acceptors (Lipinski definition) is 0. The first-order chi connectivity index (χ1) is 28.7. The summed E-state index contributed by atoms with van der Waals surface area (Å²) in [5.74, 6) is 0. The molecule has 12 aromatic rings. The zero-order chi connectivity index (χ0) is 38.2. The molecule has 0 atom stereocenters. The van der Waals surface area contributed by atoms with Crippen LogP contribution in [0.1, 0.15) is 0 Å². The van der Waals surface area contributed by atoms with Gasteiger partial charge in [-0.15, -0.1) is 0 Å². The summed E-state index contributed by atoms with van der Waals surface area (Å²) < 4.78 is 0. The third-order valence-electron chi connectivity index (χ3n) is 12.4. The van der Waals surface area contributed by atoms with E-state index in [1.807, 2.05) is 0 Å². The van der Waals surface area contributed by atoms with Crippen molar-refractivity contribution in [2.24, 2.45) is 0 Å². The molecule has 0 unspecified atom stereocenters. The largest absolute Gasteiger partial charge is 0.0622 e. The summed E-state index contributed by atoms with van der Waals surface area (Å²) in [7, 11) is 0. The SMILES string of the molecule is c1ccc(-c2ccc3ccc(-c4ccc5c(c4)c4ccccc4c4c6ccc(-c7ccc8ccc(-c9ccccc9)cc8c7)cc6c6ccccc6c54)cc3c2)cc1. The molecule has 0 N–H and O–H groups in total. The second kappa shape index (κ2) is 13.0. The van der Waals surface area contributed by atoms with Crippen LogP contribution in [0.4, 0.5) is 0 Å². The summed E-state index contributed by atoms with van der Waals surface area (Å²) in [6.07, 6.45) is 0. The molecule has 0 aromatic heterocycles. The monoisotopic (exact) mass is 732 g/mol. The van der Waals surface area contributed by atoms with Crippen LogP contribution in [0.5, 0.6) is 0 Å². The van der Waals surface area contributed by atoms with E-state index in [0.29, 0.717) is 0 Å². The zero-order valence-electron chi connectivity index (χ0n) is 31.8. The fourth-order valence-corrected chi connectivity index (χ4v) is 9.50. The van der Waals surface area contributed by atoms with E-state index >= 15 is 0 Å². The molecular weight excluding hydrogens is 697 g/mol. The summed E-state index contributed by atoms with van der Waals surface area (Å²) in [5.41, 5.74) is 9.86. The summed E-state index contributed by atoms with van der Waals surface area (Å²) in [6.45, 7) is 0. The topological polar surface area (TPSA) is 0 Å². The smallest absolute Gasteiger partial charge is 0.00139 e. The van der Waals surface area contributed by atoms with Gasteiger partial charge in [-0.05, 0) is 156 Å². The van der Waals surface area contributed by atoms with Crippen LogP contribution in [-0.4, -0.2) is 0 Å². The van der Waals surface area contributed by atoms with Crippen molar-refractivity contribution in [1.29, 1.82) is 0 Å². The molecule has 268 valence electrons. The molecule has 0 aliphatic carbocycles. The Morgan fingerprint density at radius 3 is 0.845 bits per heavy atom. The number of fused-ring (bicyclic) bond motifs is 13. The lowest BCUT2D eigenvalue weighted by Gasteiger charge is -2.18. The summed E-state index contributed by atoms with van der Waals surface area (Å²) >= 11 is 0. The molecule has 0 bridgehead atoms. The van der Waals surface area contributed by atoms with Crippen LogP contribution in [0.25, 0.3) is 120 Å². The van der Waals surface area contributed by atoms with E-state index in [-0.39, 0.29) is 0 Å². The predicted molar refractivity (Wildman–Crippen MR) is 251 cm³/mol. The van der Waals surface area contributed by atoms with Gasteiger partial charge < -0.3 is 0 Å². The van der Waals surface area contributed by atoms with Gasteiger partial charge in [-0.2, -0.15) is 0 Å². The maximum absolute atomic E-state index is 2.42. The average molecular weight is 733 g/mol. The van der Waals surface area contributed by atoms with Crippen LogP contribution in [0.2, 0.25) is 0 Å². The molecule has 58 heavy (non-hydrogen) atoms. The van der Waals surface area contributed by atoms with Crippen LogP contribution in [0.3, 0.4) is 0 Å². The molecule has 0 saturated carbocycles. The van der Waals surface area contributed by atoms with Gasteiger partial charge in [-0.25, -0.2) is 0 Å². The second-order valence-electron chi connectivity index (χ2n) is 15.6. The van der Waals surface area contributed by atoms with Gasteiger partial charge in [0.15, 0.2) is 0 Å². The molecule has 0 fully saturated rings. The van der Waals surface area contributed by atoms with Crippen molar-refractivity contribution in [1.82, 2.24) is 0 Å². The minimum Gasteiger partial charge on any atom is -0.0622 e. The maximum Gasteiger partial charge on any atom is -0.00139 e.